The SMILES string of the molecule is CCOC(=O)Cc1cnc(C[C@H]2S[C@H](c3cccc(OC)c3OC)c3cc(Cl)ccc3-n3c2nnc3C(C)(C)C)s1. The van der Waals surface area contributed by atoms with E-state index in [0.29, 0.717) is 29.5 Å². The van der Waals surface area contributed by atoms with Gasteiger partial charge < -0.3 is 14.2 Å². The van der Waals surface area contributed by atoms with Crippen molar-refractivity contribution in [3.63, 3.8) is 0 Å². The van der Waals surface area contributed by atoms with Gasteiger partial charge in [-0.1, -0.05) is 44.5 Å². The molecule has 4 aromatic rings. The molecular formula is C30H33ClN4O4S2. The molecule has 0 aliphatic carbocycles. The molecule has 0 saturated heterocycles. The first-order valence-electron chi connectivity index (χ1n) is 13.4. The molecule has 0 unspecified atom stereocenters. The zero-order chi connectivity index (χ0) is 29.3. The number of para-hydroxylation sites is 1. The van der Waals surface area contributed by atoms with Gasteiger partial charge in [0.25, 0.3) is 0 Å². The van der Waals surface area contributed by atoms with Gasteiger partial charge in [0.1, 0.15) is 5.82 Å². The van der Waals surface area contributed by atoms with Crippen LogP contribution in [-0.4, -0.2) is 46.5 Å². The summed E-state index contributed by atoms with van der Waals surface area (Å²) in [7, 11) is 3.30. The maximum Gasteiger partial charge on any atom is 0.311 e. The van der Waals surface area contributed by atoms with E-state index >= 15 is 0 Å². The number of hydrogen-bond acceptors (Lipinski definition) is 9. The fourth-order valence-electron chi connectivity index (χ4n) is 5.00. The van der Waals surface area contributed by atoms with Gasteiger partial charge in [-0.3, -0.25) is 9.36 Å². The molecule has 2 aromatic carbocycles. The van der Waals surface area contributed by atoms with Crippen LogP contribution < -0.4 is 9.47 Å². The lowest BCUT2D eigenvalue weighted by atomic mass is 9.94. The van der Waals surface area contributed by atoms with Gasteiger partial charge in [-0.2, -0.15) is 0 Å². The number of benzene rings is 2. The summed E-state index contributed by atoms with van der Waals surface area (Å²) in [5.74, 6) is 2.79. The average molecular weight is 613 g/mol. The zero-order valence-corrected chi connectivity index (χ0v) is 26.3. The fraction of sp³-hybridized carbons (Fsp3) is 0.400. The summed E-state index contributed by atoms with van der Waals surface area (Å²) < 4.78 is 18.9. The topological polar surface area (TPSA) is 88.4 Å². The van der Waals surface area contributed by atoms with Crippen LogP contribution in [0.25, 0.3) is 5.69 Å². The van der Waals surface area contributed by atoms with Gasteiger partial charge in [-0.05, 0) is 36.8 Å². The number of nitrogens with zero attached hydrogens (tertiary/aromatic N) is 4. The van der Waals surface area contributed by atoms with E-state index in [4.69, 9.17) is 36.0 Å². The maximum absolute atomic E-state index is 12.1. The van der Waals surface area contributed by atoms with E-state index in [-0.39, 0.29) is 28.3 Å². The van der Waals surface area contributed by atoms with Crippen LogP contribution in [-0.2, 0) is 27.8 Å². The zero-order valence-electron chi connectivity index (χ0n) is 23.9. The fourth-order valence-corrected chi connectivity index (χ4v) is 7.76. The molecular weight excluding hydrogens is 580 g/mol. The van der Waals surface area contributed by atoms with Gasteiger partial charge in [-0.15, -0.1) is 33.3 Å². The van der Waals surface area contributed by atoms with Crippen LogP contribution in [0.15, 0.2) is 42.6 Å². The molecule has 0 N–H and O–H groups in total. The third-order valence-corrected chi connectivity index (χ3v) is 9.50. The normalized spacial score (nSPS) is 16.5. The summed E-state index contributed by atoms with van der Waals surface area (Å²) in [5.41, 5.74) is 2.72. The van der Waals surface area contributed by atoms with Crippen LogP contribution in [0, 0.1) is 0 Å². The number of hydrogen-bond donors (Lipinski definition) is 0. The number of esters is 1. The number of carbonyl (C=O) groups excluding carboxylic acids is 1. The van der Waals surface area contributed by atoms with Crippen molar-refractivity contribution >= 4 is 40.7 Å². The average Bonchev–Trinajstić information content (AvgIpc) is 3.55. The van der Waals surface area contributed by atoms with Crippen molar-refractivity contribution in [1.29, 1.82) is 0 Å². The lowest BCUT2D eigenvalue weighted by Gasteiger charge is -2.24. The second-order valence-electron chi connectivity index (χ2n) is 10.7. The summed E-state index contributed by atoms with van der Waals surface area (Å²) in [5, 5.41) is 10.7. The first-order valence-corrected chi connectivity index (χ1v) is 15.5. The Morgan fingerprint density at radius 3 is 2.61 bits per heavy atom. The molecule has 0 fully saturated rings. The van der Waals surface area contributed by atoms with Crippen molar-refractivity contribution < 1.29 is 19.0 Å². The molecule has 11 heteroatoms. The van der Waals surface area contributed by atoms with Crippen LogP contribution >= 0.6 is 34.7 Å². The molecule has 8 nitrogen and oxygen atoms in total. The first-order chi connectivity index (χ1) is 19.6. The minimum Gasteiger partial charge on any atom is -0.493 e. The number of ether oxygens (including phenoxy) is 3. The number of thiazole rings is 1. The van der Waals surface area contributed by atoms with Gasteiger partial charge >= 0.3 is 5.97 Å². The molecule has 0 spiro atoms. The molecule has 0 radical (unpaired) electrons. The van der Waals surface area contributed by atoms with Crippen LogP contribution in [0.2, 0.25) is 5.02 Å². The Morgan fingerprint density at radius 1 is 1.10 bits per heavy atom. The molecule has 5 rings (SSSR count). The monoisotopic (exact) mass is 612 g/mol. The molecule has 2 aromatic heterocycles. The number of thioether (sulfide) groups is 1. The maximum atomic E-state index is 12.1. The van der Waals surface area contributed by atoms with Gasteiger partial charge in [0.2, 0.25) is 0 Å². The Morgan fingerprint density at radius 2 is 1.90 bits per heavy atom. The second-order valence-corrected chi connectivity index (χ2v) is 13.6. The number of rotatable bonds is 8. The number of methoxy groups -OCH3 is 2. The number of halogens is 1. The Balaban J connectivity index is 1.66. The van der Waals surface area contributed by atoms with Crippen molar-refractivity contribution in [2.75, 3.05) is 20.8 Å². The third-order valence-electron chi connectivity index (χ3n) is 6.76. The lowest BCUT2D eigenvalue weighted by Crippen LogP contribution is -2.20. The quantitative estimate of drug-likeness (QED) is 0.198. The van der Waals surface area contributed by atoms with Crippen molar-refractivity contribution in [3.05, 3.63) is 80.3 Å². The molecule has 0 saturated carbocycles. The van der Waals surface area contributed by atoms with Crippen molar-refractivity contribution in [2.24, 2.45) is 0 Å². The minimum atomic E-state index is -0.265. The predicted octanol–water partition coefficient (Wildman–Crippen LogP) is 6.92. The minimum absolute atomic E-state index is 0.118. The van der Waals surface area contributed by atoms with Crippen LogP contribution in [0.4, 0.5) is 0 Å². The van der Waals surface area contributed by atoms with Gasteiger partial charge in [-0.25, -0.2) is 4.98 Å². The van der Waals surface area contributed by atoms with Crippen LogP contribution in [0.1, 0.15) is 70.9 Å². The van der Waals surface area contributed by atoms with E-state index in [2.05, 4.69) is 36.4 Å². The van der Waals surface area contributed by atoms with Crippen LogP contribution in [0.5, 0.6) is 11.5 Å². The number of fused-ring (bicyclic) bond motifs is 3. The molecule has 0 bridgehead atoms. The third kappa shape index (κ3) is 5.96. The predicted molar refractivity (Wildman–Crippen MR) is 163 cm³/mol. The summed E-state index contributed by atoms with van der Waals surface area (Å²) in [6.45, 7) is 8.57. The Labute approximate surface area is 253 Å². The highest BCUT2D eigenvalue weighted by Gasteiger charge is 2.38. The number of carbonyl (C=O) groups is 1. The largest absolute Gasteiger partial charge is 0.493 e. The van der Waals surface area contributed by atoms with E-state index in [1.165, 1.54) is 11.3 Å². The van der Waals surface area contributed by atoms with Gasteiger partial charge in [0.15, 0.2) is 17.3 Å². The van der Waals surface area contributed by atoms with Gasteiger partial charge in [0.05, 0.1) is 48.4 Å². The first kappa shape index (κ1) is 29.4. The van der Waals surface area contributed by atoms with E-state index in [0.717, 1.165) is 38.3 Å². The molecule has 2 atom stereocenters. The Kier molecular flexibility index (Phi) is 8.63. The van der Waals surface area contributed by atoms with E-state index in [1.807, 2.05) is 30.3 Å². The lowest BCUT2D eigenvalue weighted by molar-refractivity contribution is -0.142. The molecule has 0 amide bonds. The van der Waals surface area contributed by atoms with Gasteiger partial charge in [0, 0.05) is 33.5 Å². The standard InChI is InChI=1S/C30H33ClN4O4S2/c1-7-39-25(36)14-18-16-32-24(40-18)15-23-28-33-34-29(30(2,3)4)35(28)21-12-11-17(31)13-20(21)27(41-23)19-9-8-10-22(37-5)26(19)38-6/h8-13,16,23,27H,7,14-15H2,1-6H3/t23-,27-/m1/s1. The van der Waals surface area contributed by atoms with Crippen molar-refractivity contribution in [3.8, 4) is 17.2 Å². The highest BCUT2D eigenvalue weighted by atomic mass is 35.5. The summed E-state index contributed by atoms with van der Waals surface area (Å²) in [6.07, 6.45) is 2.58. The Bertz CT molecular complexity index is 1560. The molecule has 1 aliphatic rings. The van der Waals surface area contributed by atoms with Crippen molar-refractivity contribution in [1.82, 2.24) is 19.7 Å². The van der Waals surface area contributed by atoms with E-state index in [9.17, 15) is 4.79 Å². The highest BCUT2D eigenvalue weighted by molar-refractivity contribution is 8.00. The highest BCUT2D eigenvalue weighted by Crippen LogP contribution is 2.54. The van der Waals surface area contributed by atoms with Crippen molar-refractivity contribution in [2.45, 2.75) is 56.5 Å². The second kappa shape index (κ2) is 12.0. The van der Waals surface area contributed by atoms with E-state index in [1.54, 1.807) is 39.1 Å². The summed E-state index contributed by atoms with van der Waals surface area (Å²) >= 11 is 9.91. The van der Waals surface area contributed by atoms with E-state index < -0.39 is 0 Å². The molecule has 1 aliphatic heterocycles. The summed E-state index contributed by atoms with van der Waals surface area (Å²) in [6, 6.07) is 11.9. The smallest absolute Gasteiger partial charge is 0.311 e. The Hall–Kier alpha value is -3.08. The van der Waals surface area contributed by atoms with Crippen LogP contribution in [0.3, 0.4) is 0 Å². The molecule has 3 heterocycles. The summed E-state index contributed by atoms with van der Waals surface area (Å²) in [4.78, 5) is 17.6. The number of aromatic nitrogens is 4. The molecule has 41 heavy (non-hydrogen) atoms. The molecule has 216 valence electrons.